The summed E-state index contributed by atoms with van der Waals surface area (Å²) in [5.41, 5.74) is 5.89. The highest BCUT2D eigenvalue weighted by atomic mass is 32.5. The van der Waals surface area contributed by atoms with E-state index in [1.54, 1.807) is 23.6 Å². The second-order valence-corrected chi connectivity index (χ2v) is 13.5. The molecule has 3 aromatic rings. The Kier molecular flexibility index (Phi) is 13.0. The Bertz CT molecular complexity index is 1510. The lowest BCUT2D eigenvalue weighted by molar-refractivity contribution is -0.152. The van der Waals surface area contributed by atoms with Gasteiger partial charge in [-0.05, 0) is 63.0 Å². The predicted octanol–water partition coefficient (Wildman–Crippen LogP) is 4.30. The highest BCUT2D eigenvalue weighted by Crippen LogP contribution is 2.47. The lowest BCUT2D eigenvalue weighted by Crippen LogP contribution is -2.37. The number of terminal acetylenes is 2. The molecule has 14 heteroatoms. The zero-order chi connectivity index (χ0) is 32.3. The minimum absolute atomic E-state index is 0.00532. The van der Waals surface area contributed by atoms with Crippen molar-refractivity contribution in [3.8, 4) is 31.4 Å². The molecule has 3 heterocycles. The summed E-state index contributed by atoms with van der Waals surface area (Å²) < 4.78 is 26.1. The number of aromatic amines is 1. The van der Waals surface area contributed by atoms with Gasteiger partial charge in [-0.2, -0.15) is 4.98 Å². The molecule has 44 heavy (non-hydrogen) atoms. The topological polar surface area (TPSA) is 156 Å². The van der Waals surface area contributed by atoms with Crippen LogP contribution in [0.15, 0.2) is 41.5 Å². The van der Waals surface area contributed by atoms with E-state index in [1.807, 2.05) is 25.1 Å². The predicted molar refractivity (Wildman–Crippen MR) is 173 cm³/mol. The summed E-state index contributed by atoms with van der Waals surface area (Å²) >= 11 is 5.86. The molecule has 0 radical (unpaired) electrons. The van der Waals surface area contributed by atoms with Gasteiger partial charge in [0.05, 0.1) is 19.0 Å². The van der Waals surface area contributed by atoms with Crippen molar-refractivity contribution in [3.63, 3.8) is 0 Å². The molecule has 2 unspecified atom stereocenters. The van der Waals surface area contributed by atoms with Crippen molar-refractivity contribution < 1.29 is 23.3 Å². The Balaban J connectivity index is 0.00000127. The van der Waals surface area contributed by atoms with Crippen LogP contribution in [0.4, 0.5) is 5.95 Å². The number of nitrogen functional groups attached to an aromatic ring is 1. The molecule has 236 valence electrons. The SMILES string of the molecule is C#C.C#C.CC(NP(=S)(OC[C@@H]1C[C@H](C)[C@H](n2cnc3c(=O)[nH]c(N)nc32)O1)Oc1ccccc1)C(=O)OC1CCCCC1. The van der Waals surface area contributed by atoms with E-state index in [2.05, 4.69) is 45.7 Å². The fourth-order valence-electron chi connectivity index (χ4n) is 5.12. The van der Waals surface area contributed by atoms with Crippen molar-refractivity contribution in [2.24, 2.45) is 5.92 Å². The number of nitrogens with one attached hydrogen (secondary N) is 2. The number of rotatable bonds is 10. The number of aromatic nitrogens is 4. The number of nitrogens with zero attached hydrogens (tertiary/aromatic N) is 3. The zero-order valence-electron chi connectivity index (χ0n) is 24.8. The highest BCUT2D eigenvalue weighted by Gasteiger charge is 2.37. The Morgan fingerprint density at radius 1 is 1.23 bits per heavy atom. The van der Waals surface area contributed by atoms with Gasteiger partial charge in [-0.3, -0.25) is 19.1 Å². The summed E-state index contributed by atoms with van der Waals surface area (Å²) in [5.74, 6) is 0.216. The standard InChI is InChI=1S/C26H35N6O6PS.2C2H2/c1-16-13-20(36-24(16)32-15-28-21-22(32)29-26(27)30-23(21)33)14-35-39(40,38-19-11-7-4-8-12-19)31-17(2)25(34)37-18-9-5-3-6-10-18;2*1-2/h4,7-8,11-12,15-18,20,24H,3,5-6,9-10,13-14H2,1-2H3,(H,31,40)(H3,27,29,30,33);2*1-2H/t16-,17?,20-,24+,39?;;/m0../s1. The third kappa shape index (κ3) is 8.91. The van der Waals surface area contributed by atoms with Crippen LogP contribution in [-0.2, 0) is 30.6 Å². The van der Waals surface area contributed by atoms with Gasteiger partial charge in [0.25, 0.3) is 5.56 Å². The number of nitrogens with two attached hydrogens (primary N) is 1. The molecule has 2 fully saturated rings. The molecule has 5 atom stereocenters. The van der Waals surface area contributed by atoms with Crippen LogP contribution < -0.4 is 20.9 Å². The molecular formula is C30H39N6O6PS. The number of H-pyrrole nitrogens is 1. The number of carbonyl (C=O) groups is 1. The smallest absolute Gasteiger partial charge is 0.323 e. The van der Waals surface area contributed by atoms with E-state index >= 15 is 0 Å². The number of ether oxygens (including phenoxy) is 2. The number of carbonyl (C=O) groups excluding carboxylic acids is 1. The van der Waals surface area contributed by atoms with E-state index < -0.39 is 24.5 Å². The van der Waals surface area contributed by atoms with Gasteiger partial charge in [0.2, 0.25) is 5.95 Å². The number of esters is 1. The van der Waals surface area contributed by atoms with Crippen molar-refractivity contribution in [3.05, 3.63) is 47.0 Å². The van der Waals surface area contributed by atoms with E-state index in [-0.39, 0.29) is 42.2 Å². The highest BCUT2D eigenvalue weighted by molar-refractivity contribution is 8.09. The van der Waals surface area contributed by atoms with Crippen LogP contribution in [0.25, 0.3) is 11.2 Å². The van der Waals surface area contributed by atoms with Gasteiger partial charge in [-0.15, -0.1) is 25.7 Å². The normalized spacial score (nSPS) is 21.9. The molecule has 1 aliphatic heterocycles. The van der Waals surface area contributed by atoms with Gasteiger partial charge in [0, 0.05) is 5.92 Å². The fraction of sp³-hybridized carbons (Fsp3) is 0.467. The van der Waals surface area contributed by atoms with Gasteiger partial charge in [0.15, 0.2) is 11.2 Å². The van der Waals surface area contributed by atoms with Crippen LogP contribution in [0.1, 0.15) is 58.6 Å². The second kappa shape index (κ2) is 16.4. The molecule has 1 aromatic carbocycles. The van der Waals surface area contributed by atoms with Gasteiger partial charge in [0.1, 0.15) is 24.1 Å². The second-order valence-electron chi connectivity index (χ2n) is 10.4. The number of imidazole rings is 1. The molecule has 1 saturated heterocycles. The zero-order valence-corrected chi connectivity index (χ0v) is 26.5. The molecule has 2 aliphatic rings. The van der Waals surface area contributed by atoms with Gasteiger partial charge in [-0.25, -0.2) is 10.1 Å². The van der Waals surface area contributed by atoms with Crippen LogP contribution in [-0.4, -0.2) is 50.3 Å². The fourth-order valence-corrected chi connectivity index (χ4v) is 7.56. The minimum atomic E-state index is -3.20. The lowest BCUT2D eigenvalue weighted by Gasteiger charge is -2.29. The molecule has 1 saturated carbocycles. The molecular weight excluding hydrogens is 603 g/mol. The first-order valence-electron chi connectivity index (χ1n) is 14.2. The van der Waals surface area contributed by atoms with Crippen molar-refractivity contribution >= 4 is 41.5 Å². The monoisotopic (exact) mass is 642 g/mol. The molecule has 0 bridgehead atoms. The summed E-state index contributed by atoms with van der Waals surface area (Å²) in [5, 5.41) is 3.12. The Morgan fingerprint density at radius 3 is 2.59 bits per heavy atom. The number of anilines is 1. The molecule has 12 nitrogen and oxygen atoms in total. The number of fused-ring (bicyclic) bond motifs is 1. The Labute approximate surface area is 262 Å². The number of para-hydroxylation sites is 1. The maximum atomic E-state index is 12.9. The van der Waals surface area contributed by atoms with Gasteiger partial charge >= 0.3 is 12.6 Å². The summed E-state index contributed by atoms with van der Waals surface area (Å²) in [4.78, 5) is 36.0. The molecule has 4 N–H and O–H groups in total. The van der Waals surface area contributed by atoms with Crippen LogP contribution in [0.3, 0.4) is 0 Å². The van der Waals surface area contributed by atoms with Crippen LogP contribution in [0.5, 0.6) is 5.75 Å². The Morgan fingerprint density at radius 2 is 1.91 bits per heavy atom. The largest absolute Gasteiger partial charge is 0.461 e. The van der Waals surface area contributed by atoms with Crippen molar-refractivity contribution in [1.82, 2.24) is 24.6 Å². The molecule has 1 aliphatic carbocycles. The van der Waals surface area contributed by atoms with E-state index in [1.165, 1.54) is 12.7 Å². The van der Waals surface area contributed by atoms with Gasteiger partial charge in [-0.1, -0.05) is 31.5 Å². The molecule has 5 rings (SSSR count). The first-order valence-corrected chi connectivity index (χ1v) is 16.9. The maximum Gasteiger partial charge on any atom is 0.323 e. The van der Waals surface area contributed by atoms with E-state index in [9.17, 15) is 9.59 Å². The lowest BCUT2D eigenvalue weighted by atomic mass is 9.98. The maximum absolute atomic E-state index is 12.9. The third-order valence-corrected chi connectivity index (χ3v) is 9.62. The van der Waals surface area contributed by atoms with Crippen LogP contribution in [0, 0.1) is 31.6 Å². The summed E-state index contributed by atoms with van der Waals surface area (Å²) in [6.07, 6.45) is 22.4. The van der Waals surface area contributed by atoms with E-state index in [0.717, 1.165) is 25.7 Å². The first-order chi connectivity index (χ1) is 21.2. The van der Waals surface area contributed by atoms with E-state index in [0.29, 0.717) is 17.8 Å². The molecule has 0 spiro atoms. The Hall–Kier alpha value is -3.71. The number of benzene rings is 1. The van der Waals surface area contributed by atoms with Crippen LogP contribution in [0.2, 0.25) is 0 Å². The number of hydrogen-bond donors (Lipinski definition) is 3. The number of hydrogen-bond acceptors (Lipinski definition) is 10. The van der Waals surface area contributed by atoms with Crippen molar-refractivity contribution in [2.75, 3.05) is 12.3 Å². The summed E-state index contributed by atoms with van der Waals surface area (Å²) in [7, 11) is 0. The first kappa shape index (κ1) is 34.8. The average molecular weight is 643 g/mol. The van der Waals surface area contributed by atoms with E-state index in [4.69, 9.17) is 36.1 Å². The molecule has 0 amide bonds. The summed E-state index contributed by atoms with van der Waals surface area (Å²) in [6, 6.07) is 8.39. The van der Waals surface area contributed by atoms with Gasteiger partial charge < -0.3 is 24.3 Å². The quantitative estimate of drug-likeness (QED) is 0.165. The average Bonchev–Trinajstić information content (AvgIpc) is 3.62. The third-order valence-electron chi connectivity index (χ3n) is 7.12. The van der Waals surface area contributed by atoms with Crippen molar-refractivity contribution in [1.29, 1.82) is 0 Å². The molecule has 2 aromatic heterocycles. The minimum Gasteiger partial charge on any atom is -0.461 e. The summed E-state index contributed by atoms with van der Waals surface area (Å²) in [6.45, 7) is 0.670. The van der Waals surface area contributed by atoms with Crippen molar-refractivity contribution in [2.45, 2.75) is 76.9 Å². The van der Waals surface area contributed by atoms with Crippen LogP contribution >= 0.6 is 6.64 Å².